The zero-order chi connectivity index (χ0) is 20.4. The van der Waals surface area contributed by atoms with Crippen LogP contribution in [0.15, 0.2) is 66.7 Å². The zero-order valence-electron chi connectivity index (χ0n) is 16.0. The molecule has 3 aromatic carbocycles. The van der Waals surface area contributed by atoms with Crippen molar-refractivity contribution in [1.82, 2.24) is 9.78 Å². The van der Waals surface area contributed by atoms with Crippen LogP contribution >= 0.6 is 0 Å². The van der Waals surface area contributed by atoms with Crippen LogP contribution in [-0.2, 0) is 16.6 Å². The molecule has 4 aromatic rings. The Morgan fingerprint density at radius 2 is 1.83 bits per heavy atom. The smallest absolute Gasteiger partial charge is 0.330 e. The molecule has 0 fully saturated rings. The maximum absolute atomic E-state index is 12.9. The largest absolute Gasteiger partial charge is 0.466 e. The summed E-state index contributed by atoms with van der Waals surface area (Å²) in [5, 5.41) is 10.2. The van der Waals surface area contributed by atoms with Crippen molar-refractivity contribution in [2.75, 3.05) is 12.4 Å². The lowest BCUT2D eigenvalue weighted by Gasteiger charge is -2.06. The minimum atomic E-state index is -0.451. The van der Waals surface area contributed by atoms with Crippen molar-refractivity contribution >= 4 is 45.4 Å². The van der Waals surface area contributed by atoms with Gasteiger partial charge in [-0.15, -0.1) is 0 Å². The van der Waals surface area contributed by atoms with Gasteiger partial charge in [-0.25, -0.2) is 4.79 Å². The lowest BCUT2D eigenvalue weighted by Crippen LogP contribution is -2.12. The highest BCUT2D eigenvalue weighted by molar-refractivity contribution is 6.11. The van der Waals surface area contributed by atoms with Crippen LogP contribution in [0.5, 0.6) is 0 Å². The van der Waals surface area contributed by atoms with E-state index in [2.05, 4.69) is 15.2 Å². The molecular formula is C23H19N3O3. The third-order valence-electron chi connectivity index (χ3n) is 4.75. The van der Waals surface area contributed by atoms with Gasteiger partial charge in [-0.1, -0.05) is 42.5 Å². The molecule has 0 atom stereocenters. The van der Waals surface area contributed by atoms with Crippen LogP contribution in [0.2, 0.25) is 0 Å². The van der Waals surface area contributed by atoms with Gasteiger partial charge in [-0.05, 0) is 40.6 Å². The van der Waals surface area contributed by atoms with Crippen molar-refractivity contribution < 1.29 is 14.3 Å². The van der Waals surface area contributed by atoms with Gasteiger partial charge in [-0.2, -0.15) is 5.10 Å². The SMILES string of the molecule is COC(=O)C=Cc1cccc2c1c(NC(=O)c1ccc3ccccc3c1)nn2C. The third kappa shape index (κ3) is 3.60. The third-order valence-corrected chi connectivity index (χ3v) is 4.75. The highest BCUT2D eigenvalue weighted by Gasteiger charge is 2.15. The number of fused-ring (bicyclic) bond motifs is 2. The Morgan fingerprint density at radius 3 is 2.62 bits per heavy atom. The molecular weight excluding hydrogens is 366 g/mol. The molecule has 1 N–H and O–H groups in total. The summed E-state index contributed by atoms with van der Waals surface area (Å²) in [6, 6.07) is 19.1. The van der Waals surface area contributed by atoms with E-state index in [0.717, 1.165) is 27.2 Å². The number of benzene rings is 3. The van der Waals surface area contributed by atoms with Crippen LogP contribution in [0, 0.1) is 0 Å². The highest BCUT2D eigenvalue weighted by atomic mass is 16.5. The van der Waals surface area contributed by atoms with E-state index in [0.29, 0.717) is 11.4 Å². The predicted octanol–water partition coefficient (Wildman–Crippen LogP) is 4.17. The van der Waals surface area contributed by atoms with Gasteiger partial charge in [0.05, 0.1) is 18.0 Å². The molecule has 0 spiro atoms. The van der Waals surface area contributed by atoms with Gasteiger partial charge in [0.25, 0.3) is 5.91 Å². The van der Waals surface area contributed by atoms with Gasteiger partial charge in [0.15, 0.2) is 5.82 Å². The number of esters is 1. The van der Waals surface area contributed by atoms with Gasteiger partial charge in [-0.3, -0.25) is 9.48 Å². The molecule has 4 rings (SSSR count). The summed E-state index contributed by atoms with van der Waals surface area (Å²) in [6.07, 6.45) is 3.00. The van der Waals surface area contributed by atoms with Crippen LogP contribution in [-0.4, -0.2) is 28.8 Å². The first-order valence-electron chi connectivity index (χ1n) is 9.09. The Bertz CT molecular complexity index is 1270. The molecule has 0 bridgehead atoms. The molecule has 0 aliphatic carbocycles. The molecule has 0 aliphatic rings. The summed E-state index contributed by atoms with van der Waals surface area (Å²) in [6.45, 7) is 0. The minimum Gasteiger partial charge on any atom is -0.466 e. The number of methoxy groups -OCH3 is 1. The number of amides is 1. The molecule has 1 heterocycles. The van der Waals surface area contributed by atoms with E-state index in [1.165, 1.54) is 13.2 Å². The monoisotopic (exact) mass is 385 g/mol. The Labute approximate surface area is 167 Å². The summed E-state index contributed by atoms with van der Waals surface area (Å²) >= 11 is 0. The molecule has 6 nitrogen and oxygen atoms in total. The van der Waals surface area contributed by atoms with Crippen LogP contribution in [0.25, 0.3) is 27.8 Å². The fourth-order valence-corrected chi connectivity index (χ4v) is 3.30. The first-order chi connectivity index (χ1) is 14.1. The lowest BCUT2D eigenvalue weighted by molar-refractivity contribution is -0.134. The molecule has 0 saturated heterocycles. The Kier molecular flexibility index (Phi) is 4.83. The van der Waals surface area contributed by atoms with E-state index in [4.69, 9.17) is 0 Å². The van der Waals surface area contributed by atoms with Gasteiger partial charge in [0.1, 0.15) is 0 Å². The molecule has 0 aliphatic heterocycles. The summed E-state index contributed by atoms with van der Waals surface area (Å²) < 4.78 is 6.36. The number of hydrogen-bond acceptors (Lipinski definition) is 4. The average Bonchev–Trinajstić information content (AvgIpc) is 3.07. The van der Waals surface area contributed by atoms with E-state index < -0.39 is 5.97 Å². The molecule has 1 aromatic heterocycles. The van der Waals surface area contributed by atoms with E-state index >= 15 is 0 Å². The second kappa shape index (κ2) is 7.59. The standard InChI is InChI=1S/C23H19N3O3/c1-26-19-9-5-8-16(12-13-20(27)29-2)21(19)22(25-26)24-23(28)18-11-10-15-6-3-4-7-17(15)14-18/h3-14H,1-2H3,(H,24,25,28). The van der Waals surface area contributed by atoms with Crippen LogP contribution in [0.4, 0.5) is 5.82 Å². The molecule has 0 radical (unpaired) electrons. The number of ether oxygens (including phenoxy) is 1. The number of aromatic nitrogens is 2. The zero-order valence-corrected chi connectivity index (χ0v) is 16.0. The summed E-state index contributed by atoms with van der Waals surface area (Å²) in [7, 11) is 3.13. The van der Waals surface area contributed by atoms with E-state index in [1.807, 2.05) is 61.6 Å². The fourth-order valence-electron chi connectivity index (χ4n) is 3.30. The second-order valence-electron chi connectivity index (χ2n) is 6.59. The van der Waals surface area contributed by atoms with Crippen molar-refractivity contribution in [2.24, 2.45) is 7.05 Å². The van der Waals surface area contributed by atoms with Crippen LogP contribution in [0.3, 0.4) is 0 Å². The van der Waals surface area contributed by atoms with Gasteiger partial charge < -0.3 is 10.1 Å². The quantitative estimate of drug-likeness (QED) is 0.423. The number of rotatable bonds is 4. The minimum absolute atomic E-state index is 0.248. The maximum Gasteiger partial charge on any atom is 0.330 e. The topological polar surface area (TPSA) is 73.2 Å². The summed E-state index contributed by atoms with van der Waals surface area (Å²) in [5.41, 5.74) is 2.14. The van der Waals surface area contributed by atoms with Crippen molar-refractivity contribution in [3.63, 3.8) is 0 Å². The number of carbonyl (C=O) groups is 2. The van der Waals surface area contributed by atoms with E-state index in [1.54, 1.807) is 16.8 Å². The van der Waals surface area contributed by atoms with Gasteiger partial charge in [0, 0.05) is 18.7 Å². The number of aryl methyl sites for hydroxylation is 1. The first kappa shape index (κ1) is 18.4. The Balaban J connectivity index is 1.72. The molecule has 6 heteroatoms. The van der Waals surface area contributed by atoms with Crippen molar-refractivity contribution in [3.05, 3.63) is 77.9 Å². The molecule has 0 unspecified atom stereocenters. The van der Waals surface area contributed by atoms with Crippen LogP contribution < -0.4 is 5.32 Å². The Hall–Kier alpha value is -3.93. The van der Waals surface area contributed by atoms with Crippen LogP contribution in [0.1, 0.15) is 15.9 Å². The number of anilines is 1. The van der Waals surface area contributed by atoms with E-state index in [9.17, 15) is 9.59 Å². The molecule has 29 heavy (non-hydrogen) atoms. The average molecular weight is 385 g/mol. The summed E-state index contributed by atoms with van der Waals surface area (Å²) in [5.74, 6) is -0.263. The number of carbonyl (C=O) groups excluding carboxylic acids is 2. The fraction of sp³-hybridized carbons (Fsp3) is 0.0870. The normalized spacial score (nSPS) is 11.2. The predicted molar refractivity (Wildman–Crippen MR) is 114 cm³/mol. The number of nitrogens with one attached hydrogen (secondary N) is 1. The molecule has 144 valence electrons. The second-order valence-corrected chi connectivity index (χ2v) is 6.59. The van der Waals surface area contributed by atoms with Gasteiger partial charge >= 0.3 is 5.97 Å². The molecule has 0 saturated carbocycles. The number of hydrogen-bond donors (Lipinski definition) is 1. The lowest BCUT2D eigenvalue weighted by atomic mass is 10.1. The highest BCUT2D eigenvalue weighted by Crippen LogP contribution is 2.28. The van der Waals surface area contributed by atoms with Crippen molar-refractivity contribution in [3.8, 4) is 0 Å². The first-order valence-corrected chi connectivity index (χ1v) is 9.09. The number of nitrogens with zero attached hydrogens (tertiary/aromatic N) is 2. The van der Waals surface area contributed by atoms with E-state index in [-0.39, 0.29) is 5.91 Å². The summed E-state index contributed by atoms with van der Waals surface area (Å²) in [4.78, 5) is 24.4. The maximum atomic E-state index is 12.9. The molecule has 1 amide bonds. The van der Waals surface area contributed by atoms with Crippen molar-refractivity contribution in [2.45, 2.75) is 0 Å². The van der Waals surface area contributed by atoms with Crippen molar-refractivity contribution in [1.29, 1.82) is 0 Å². The Morgan fingerprint density at radius 1 is 1.03 bits per heavy atom. The van der Waals surface area contributed by atoms with Gasteiger partial charge in [0.2, 0.25) is 0 Å².